The number of carbonyl (C=O) groups excluding carboxylic acids is 3. The summed E-state index contributed by atoms with van der Waals surface area (Å²) in [5.74, 6) is -0.293. The lowest BCUT2D eigenvalue weighted by atomic mass is 9.95. The van der Waals surface area contributed by atoms with Crippen LogP contribution in [0.25, 0.3) is 6.08 Å². The van der Waals surface area contributed by atoms with Gasteiger partial charge in [-0.25, -0.2) is 4.79 Å². The molecule has 4 amide bonds. The highest BCUT2D eigenvalue weighted by Gasteiger charge is 2.26. The Kier molecular flexibility index (Phi) is 7.91. The van der Waals surface area contributed by atoms with Crippen molar-refractivity contribution in [3.63, 3.8) is 0 Å². The maximum Gasteiger partial charge on any atom is 0.323 e. The summed E-state index contributed by atoms with van der Waals surface area (Å²) in [6.45, 7) is 1.08. The first kappa shape index (κ1) is 23.8. The maximum absolute atomic E-state index is 12.8. The molecule has 1 fully saturated rings. The third-order valence-corrected chi connectivity index (χ3v) is 5.81. The highest BCUT2D eigenvalue weighted by Crippen LogP contribution is 2.22. The van der Waals surface area contributed by atoms with Crippen LogP contribution in [-0.2, 0) is 9.59 Å². The smallest absolute Gasteiger partial charge is 0.323 e. The van der Waals surface area contributed by atoms with Crippen molar-refractivity contribution in [2.24, 2.45) is 5.92 Å². The summed E-state index contributed by atoms with van der Waals surface area (Å²) in [7, 11) is 0. The van der Waals surface area contributed by atoms with Gasteiger partial charge in [-0.3, -0.25) is 9.59 Å². The van der Waals surface area contributed by atoms with Gasteiger partial charge in [0.15, 0.2) is 0 Å². The first-order valence-electron chi connectivity index (χ1n) is 11.6. The standard InChI is InChI=1S/C28H28N4O3/c33-26(15-14-21-8-3-1-4-9-21)32-18-16-22(17-19-32)27(34)29-24-12-7-13-25(20-24)31-28(35)30-23-10-5-2-6-11-23/h1-15,20,22H,16-19H2,(H,29,34)(H2,30,31,35)/b15-14+. The molecule has 0 radical (unpaired) electrons. The Hall–Kier alpha value is -4.39. The van der Waals surface area contributed by atoms with Gasteiger partial charge in [0.1, 0.15) is 0 Å². The molecule has 0 aliphatic carbocycles. The minimum atomic E-state index is -0.363. The van der Waals surface area contributed by atoms with Crippen LogP contribution in [0.2, 0.25) is 0 Å². The van der Waals surface area contributed by atoms with E-state index >= 15 is 0 Å². The summed E-state index contributed by atoms with van der Waals surface area (Å²) in [6, 6.07) is 25.5. The summed E-state index contributed by atoms with van der Waals surface area (Å²) in [5, 5.41) is 8.47. The molecule has 3 aromatic carbocycles. The number of rotatable bonds is 6. The van der Waals surface area contributed by atoms with Crippen LogP contribution in [0.15, 0.2) is 91.0 Å². The number of anilines is 3. The number of hydrogen-bond acceptors (Lipinski definition) is 3. The fraction of sp³-hybridized carbons (Fsp3) is 0.179. The quantitative estimate of drug-likeness (QED) is 0.433. The van der Waals surface area contributed by atoms with Crippen molar-refractivity contribution in [2.45, 2.75) is 12.8 Å². The topological polar surface area (TPSA) is 90.5 Å². The zero-order valence-corrected chi connectivity index (χ0v) is 19.3. The molecule has 1 heterocycles. The van der Waals surface area contributed by atoms with Crippen molar-refractivity contribution in [3.05, 3.63) is 96.6 Å². The second-order valence-electron chi connectivity index (χ2n) is 8.36. The first-order valence-corrected chi connectivity index (χ1v) is 11.6. The monoisotopic (exact) mass is 468 g/mol. The van der Waals surface area contributed by atoms with Crippen LogP contribution < -0.4 is 16.0 Å². The van der Waals surface area contributed by atoms with E-state index in [2.05, 4.69) is 16.0 Å². The van der Waals surface area contributed by atoms with E-state index in [0.29, 0.717) is 43.0 Å². The lowest BCUT2D eigenvalue weighted by molar-refractivity contribution is -0.130. The summed E-state index contributed by atoms with van der Waals surface area (Å²) in [6.07, 6.45) is 4.60. The lowest BCUT2D eigenvalue weighted by Crippen LogP contribution is -2.40. The van der Waals surface area contributed by atoms with E-state index in [1.54, 1.807) is 47.4 Å². The second kappa shape index (κ2) is 11.7. The van der Waals surface area contributed by atoms with Crippen LogP contribution in [0.1, 0.15) is 18.4 Å². The van der Waals surface area contributed by atoms with Crippen LogP contribution in [0.5, 0.6) is 0 Å². The number of hydrogen-bond donors (Lipinski definition) is 3. The van der Waals surface area contributed by atoms with Crippen molar-refractivity contribution < 1.29 is 14.4 Å². The molecule has 4 rings (SSSR count). The van der Waals surface area contributed by atoms with E-state index in [-0.39, 0.29) is 23.8 Å². The molecule has 7 nitrogen and oxygen atoms in total. The summed E-state index contributed by atoms with van der Waals surface area (Å²) < 4.78 is 0. The Bertz CT molecular complexity index is 1190. The minimum Gasteiger partial charge on any atom is -0.339 e. The van der Waals surface area contributed by atoms with Gasteiger partial charge in [0.2, 0.25) is 11.8 Å². The summed E-state index contributed by atoms with van der Waals surface area (Å²) >= 11 is 0. The van der Waals surface area contributed by atoms with Crippen molar-refractivity contribution in [1.29, 1.82) is 0 Å². The lowest BCUT2D eigenvalue weighted by Gasteiger charge is -2.30. The molecule has 0 unspecified atom stereocenters. The third-order valence-electron chi connectivity index (χ3n) is 5.81. The molecular weight excluding hydrogens is 440 g/mol. The Morgan fingerprint density at radius 1 is 0.714 bits per heavy atom. The molecule has 3 N–H and O–H groups in total. The third kappa shape index (κ3) is 7.04. The van der Waals surface area contributed by atoms with Gasteiger partial charge in [-0.05, 0) is 54.8 Å². The maximum atomic E-state index is 12.8. The molecule has 0 bridgehead atoms. The van der Waals surface area contributed by atoms with Crippen molar-refractivity contribution in [2.75, 3.05) is 29.0 Å². The van der Waals surface area contributed by atoms with Gasteiger partial charge >= 0.3 is 6.03 Å². The van der Waals surface area contributed by atoms with Gasteiger partial charge in [0.25, 0.3) is 0 Å². The van der Waals surface area contributed by atoms with Crippen LogP contribution in [0.4, 0.5) is 21.9 Å². The average molecular weight is 469 g/mol. The number of para-hydroxylation sites is 1. The van der Waals surface area contributed by atoms with E-state index in [1.807, 2.05) is 54.6 Å². The normalized spacial score (nSPS) is 13.9. The van der Waals surface area contributed by atoms with Gasteiger partial charge in [0.05, 0.1) is 0 Å². The highest BCUT2D eigenvalue weighted by molar-refractivity contribution is 6.00. The number of piperidine rings is 1. The van der Waals surface area contributed by atoms with E-state index in [9.17, 15) is 14.4 Å². The molecule has 0 spiro atoms. The molecule has 7 heteroatoms. The predicted molar refractivity (Wildman–Crippen MR) is 139 cm³/mol. The molecule has 0 atom stereocenters. The van der Waals surface area contributed by atoms with E-state index in [4.69, 9.17) is 0 Å². The Labute approximate surface area is 204 Å². The summed E-state index contributed by atoms with van der Waals surface area (Å²) in [5.41, 5.74) is 2.85. The predicted octanol–water partition coefficient (Wildman–Crippen LogP) is 5.22. The molecule has 178 valence electrons. The number of amides is 4. The van der Waals surface area contributed by atoms with Crippen LogP contribution >= 0.6 is 0 Å². The van der Waals surface area contributed by atoms with Crippen molar-refractivity contribution in [1.82, 2.24) is 4.90 Å². The Morgan fingerprint density at radius 2 is 1.29 bits per heavy atom. The average Bonchev–Trinajstić information content (AvgIpc) is 2.88. The van der Waals surface area contributed by atoms with Gasteiger partial charge < -0.3 is 20.9 Å². The van der Waals surface area contributed by atoms with E-state index in [0.717, 1.165) is 5.56 Å². The van der Waals surface area contributed by atoms with Crippen LogP contribution in [-0.4, -0.2) is 35.8 Å². The molecular formula is C28H28N4O3. The number of likely N-dealkylation sites (tertiary alicyclic amines) is 1. The molecule has 35 heavy (non-hydrogen) atoms. The van der Waals surface area contributed by atoms with Crippen LogP contribution in [0, 0.1) is 5.92 Å². The fourth-order valence-corrected chi connectivity index (χ4v) is 3.93. The zero-order chi connectivity index (χ0) is 24.5. The van der Waals surface area contributed by atoms with Crippen molar-refractivity contribution >= 4 is 41.0 Å². The summed E-state index contributed by atoms with van der Waals surface area (Å²) in [4.78, 5) is 39.3. The van der Waals surface area contributed by atoms with Crippen LogP contribution in [0.3, 0.4) is 0 Å². The van der Waals surface area contributed by atoms with Gasteiger partial charge in [-0.1, -0.05) is 54.6 Å². The Morgan fingerprint density at radius 3 is 1.97 bits per heavy atom. The first-order chi connectivity index (χ1) is 17.1. The fourth-order valence-electron chi connectivity index (χ4n) is 3.93. The van der Waals surface area contributed by atoms with Gasteiger partial charge in [-0.2, -0.15) is 0 Å². The van der Waals surface area contributed by atoms with Gasteiger partial charge in [-0.15, -0.1) is 0 Å². The number of nitrogens with zero attached hydrogens (tertiary/aromatic N) is 1. The Balaban J connectivity index is 1.25. The molecule has 0 aromatic heterocycles. The number of benzene rings is 3. The minimum absolute atomic E-state index is 0.0414. The second-order valence-corrected chi connectivity index (χ2v) is 8.36. The number of carbonyl (C=O) groups is 3. The zero-order valence-electron chi connectivity index (χ0n) is 19.3. The SMILES string of the molecule is O=C(Nc1ccccc1)Nc1cccc(NC(=O)C2CCN(C(=O)/C=C/c3ccccc3)CC2)c1. The molecule has 1 saturated heterocycles. The molecule has 3 aromatic rings. The highest BCUT2D eigenvalue weighted by atomic mass is 16.2. The largest absolute Gasteiger partial charge is 0.339 e. The molecule has 1 aliphatic heterocycles. The molecule has 1 aliphatic rings. The van der Waals surface area contributed by atoms with Crippen molar-refractivity contribution in [3.8, 4) is 0 Å². The van der Waals surface area contributed by atoms with Gasteiger partial charge in [0, 0.05) is 42.1 Å². The van der Waals surface area contributed by atoms with E-state index < -0.39 is 0 Å². The number of urea groups is 1. The van der Waals surface area contributed by atoms with E-state index in [1.165, 1.54) is 0 Å². The molecule has 0 saturated carbocycles. The number of nitrogens with one attached hydrogen (secondary N) is 3.